The van der Waals surface area contributed by atoms with Gasteiger partial charge in [-0.15, -0.1) is 16.4 Å². The third kappa shape index (κ3) is 4.37. The van der Waals surface area contributed by atoms with E-state index in [-0.39, 0.29) is 12.6 Å². The molecule has 1 saturated heterocycles. The van der Waals surface area contributed by atoms with Crippen molar-refractivity contribution in [2.75, 3.05) is 13.2 Å². The Labute approximate surface area is 158 Å². The van der Waals surface area contributed by atoms with Gasteiger partial charge in [0.15, 0.2) is 6.10 Å². The van der Waals surface area contributed by atoms with Crippen LogP contribution in [0, 0.1) is 0 Å². The summed E-state index contributed by atoms with van der Waals surface area (Å²) in [5.74, 6) is -0.883. The fourth-order valence-corrected chi connectivity index (χ4v) is 3.62. The highest BCUT2D eigenvalue weighted by Crippen LogP contribution is 2.30. The van der Waals surface area contributed by atoms with Crippen LogP contribution in [0.2, 0.25) is 5.15 Å². The number of esters is 2. The lowest BCUT2D eigenvalue weighted by Crippen LogP contribution is -2.47. The maximum absolute atomic E-state index is 11.5. The van der Waals surface area contributed by atoms with Gasteiger partial charge in [-0.25, -0.2) is 9.67 Å². The lowest BCUT2D eigenvalue weighted by atomic mass is 9.99. The molecular formula is C15H17ClN4O5S. The highest BCUT2D eigenvalue weighted by atomic mass is 35.5. The molecule has 2 unspecified atom stereocenters. The number of thiazole rings is 1. The van der Waals surface area contributed by atoms with E-state index >= 15 is 0 Å². The molecule has 0 saturated carbocycles. The smallest absolute Gasteiger partial charge is 0.303 e. The first-order valence-electron chi connectivity index (χ1n) is 7.89. The highest BCUT2D eigenvalue weighted by molar-refractivity contribution is 7.13. The summed E-state index contributed by atoms with van der Waals surface area (Å²) in [6.45, 7) is 3.03. The molecule has 3 rings (SSSR count). The standard InChI is InChI=1S/C15H17ClN4O5S/c1-8(21)24-6-12-14(25-9(2)22)11(3-4-23-12)20-5-10(18-19-20)15-17-13(16)7-26-15/h5,7,11-12,14H,3-4,6H2,1-2H3/t11?,12?,14-/m1/s1. The molecular weight excluding hydrogens is 384 g/mol. The van der Waals surface area contributed by atoms with Crippen LogP contribution < -0.4 is 0 Å². The van der Waals surface area contributed by atoms with Gasteiger partial charge in [0.2, 0.25) is 0 Å². The van der Waals surface area contributed by atoms with Gasteiger partial charge < -0.3 is 14.2 Å². The Kier molecular flexibility index (Phi) is 5.84. The topological polar surface area (TPSA) is 105 Å². The van der Waals surface area contributed by atoms with Crippen LogP contribution in [-0.4, -0.2) is 57.3 Å². The average molecular weight is 401 g/mol. The van der Waals surface area contributed by atoms with Crippen molar-refractivity contribution in [3.05, 3.63) is 16.7 Å². The Morgan fingerprint density at radius 3 is 2.88 bits per heavy atom. The second kappa shape index (κ2) is 8.11. The Bertz CT molecular complexity index is 795. The van der Waals surface area contributed by atoms with Gasteiger partial charge in [0.05, 0.1) is 12.2 Å². The Balaban J connectivity index is 1.82. The number of halogens is 1. The molecule has 0 spiro atoms. The van der Waals surface area contributed by atoms with Crippen LogP contribution in [0.4, 0.5) is 0 Å². The molecule has 0 bridgehead atoms. The summed E-state index contributed by atoms with van der Waals surface area (Å²) in [7, 11) is 0. The van der Waals surface area contributed by atoms with E-state index in [9.17, 15) is 9.59 Å². The zero-order valence-corrected chi connectivity index (χ0v) is 15.7. The third-order valence-electron chi connectivity index (χ3n) is 3.79. The first kappa shape index (κ1) is 18.7. The minimum atomic E-state index is -0.657. The number of carbonyl (C=O) groups excluding carboxylic acids is 2. The SMILES string of the molecule is CC(=O)OCC1OCCC(n2cc(-c3nc(Cl)cs3)nn2)[C@H]1OC(C)=O. The molecule has 1 aliphatic heterocycles. The van der Waals surface area contributed by atoms with Crippen molar-refractivity contribution < 1.29 is 23.8 Å². The normalized spacial score (nSPS) is 22.8. The number of rotatable bonds is 5. The Morgan fingerprint density at radius 1 is 1.42 bits per heavy atom. The molecule has 0 aliphatic carbocycles. The molecule has 2 aromatic heterocycles. The van der Waals surface area contributed by atoms with E-state index in [0.29, 0.717) is 28.9 Å². The Morgan fingerprint density at radius 2 is 2.23 bits per heavy atom. The van der Waals surface area contributed by atoms with Crippen LogP contribution in [0.3, 0.4) is 0 Å². The summed E-state index contributed by atoms with van der Waals surface area (Å²) in [6, 6.07) is -0.301. The maximum atomic E-state index is 11.5. The van der Waals surface area contributed by atoms with Crippen LogP contribution in [0.5, 0.6) is 0 Å². The van der Waals surface area contributed by atoms with E-state index in [1.807, 2.05) is 0 Å². The van der Waals surface area contributed by atoms with Gasteiger partial charge in [0.1, 0.15) is 28.6 Å². The van der Waals surface area contributed by atoms with Gasteiger partial charge >= 0.3 is 11.9 Å². The van der Waals surface area contributed by atoms with E-state index < -0.39 is 24.1 Å². The molecule has 3 atom stereocenters. The van der Waals surface area contributed by atoms with Crippen molar-refractivity contribution >= 4 is 34.9 Å². The quantitative estimate of drug-likeness (QED) is 0.700. The molecule has 1 aliphatic rings. The molecule has 0 aromatic carbocycles. The number of nitrogens with zero attached hydrogens (tertiary/aromatic N) is 4. The summed E-state index contributed by atoms with van der Waals surface area (Å²) in [5.41, 5.74) is 0.575. The summed E-state index contributed by atoms with van der Waals surface area (Å²) in [4.78, 5) is 26.8. The number of ether oxygens (including phenoxy) is 3. The van der Waals surface area contributed by atoms with Gasteiger partial charge in [-0.05, 0) is 6.42 Å². The van der Waals surface area contributed by atoms with E-state index in [1.165, 1.54) is 25.2 Å². The molecule has 1 fully saturated rings. The summed E-state index contributed by atoms with van der Waals surface area (Å²) < 4.78 is 17.7. The maximum Gasteiger partial charge on any atom is 0.303 e. The zero-order valence-electron chi connectivity index (χ0n) is 14.1. The predicted molar refractivity (Wildman–Crippen MR) is 91.7 cm³/mol. The molecule has 9 nitrogen and oxygen atoms in total. The molecule has 2 aromatic rings. The van der Waals surface area contributed by atoms with E-state index in [4.69, 9.17) is 25.8 Å². The first-order valence-corrected chi connectivity index (χ1v) is 9.15. The van der Waals surface area contributed by atoms with Crippen molar-refractivity contribution in [1.82, 2.24) is 20.0 Å². The van der Waals surface area contributed by atoms with Gasteiger partial charge in [-0.1, -0.05) is 16.8 Å². The molecule has 0 amide bonds. The number of aromatic nitrogens is 4. The summed E-state index contributed by atoms with van der Waals surface area (Å²) >= 11 is 7.21. The molecule has 26 heavy (non-hydrogen) atoms. The van der Waals surface area contributed by atoms with Gasteiger partial charge in [-0.3, -0.25) is 9.59 Å². The number of hydrogen-bond donors (Lipinski definition) is 0. The van der Waals surface area contributed by atoms with Gasteiger partial charge in [0, 0.05) is 25.8 Å². The van der Waals surface area contributed by atoms with Crippen molar-refractivity contribution in [3.8, 4) is 10.7 Å². The Hall–Kier alpha value is -2.04. The molecule has 3 heterocycles. The minimum Gasteiger partial charge on any atom is -0.463 e. The largest absolute Gasteiger partial charge is 0.463 e. The van der Waals surface area contributed by atoms with Crippen LogP contribution in [0.15, 0.2) is 11.6 Å². The highest BCUT2D eigenvalue weighted by Gasteiger charge is 2.39. The lowest BCUT2D eigenvalue weighted by Gasteiger charge is -2.36. The van der Waals surface area contributed by atoms with Crippen molar-refractivity contribution in [1.29, 1.82) is 0 Å². The summed E-state index contributed by atoms with van der Waals surface area (Å²) in [6.07, 6.45) is 1.05. The fraction of sp³-hybridized carbons (Fsp3) is 0.533. The second-order valence-electron chi connectivity index (χ2n) is 5.70. The number of hydrogen-bond acceptors (Lipinski definition) is 9. The van der Waals surface area contributed by atoms with Gasteiger partial charge in [0.25, 0.3) is 0 Å². The third-order valence-corrected chi connectivity index (χ3v) is 4.98. The van der Waals surface area contributed by atoms with E-state index in [0.717, 1.165) is 0 Å². The first-order chi connectivity index (χ1) is 12.4. The van der Waals surface area contributed by atoms with Crippen LogP contribution in [0.1, 0.15) is 26.3 Å². The predicted octanol–water partition coefficient (Wildman–Crippen LogP) is 1.88. The van der Waals surface area contributed by atoms with Crippen LogP contribution >= 0.6 is 22.9 Å². The molecule has 0 radical (unpaired) electrons. The average Bonchev–Trinajstić information content (AvgIpc) is 3.22. The summed E-state index contributed by atoms with van der Waals surface area (Å²) in [5, 5.41) is 11.0. The molecule has 11 heteroatoms. The van der Waals surface area contributed by atoms with Gasteiger partial charge in [-0.2, -0.15) is 0 Å². The van der Waals surface area contributed by atoms with E-state index in [2.05, 4.69) is 15.3 Å². The second-order valence-corrected chi connectivity index (χ2v) is 6.95. The lowest BCUT2D eigenvalue weighted by molar-refractivity contribution is -0.178. The van der Waals surface area contributed by atoms with Crippen molar-refractivity contribution in [3.63, 3.8) is 0 Å². The fourth-order valence-electron chi connectivity index (χ4n) is 2.73. The van der Waals surface area contributed by atoms with E-state index in [1.54, 1.807) is 16.3 Å². The van der Waals surface area contributed by atoms with Crippen molar-refractivity contribution in [2.24, 2.45) is 0 Å². The number of carbonyl (C=O) groups is 2. The van der Waals surface area contributed by atoms with Crippen molar-refractivity contribution in [2.45, 2.75) is 38.5 Å². The zero-order chi connectivity index (χ0) is 18.7. The van der Waals surface area contributed by atoms with Crippen LogP contribution in [-0.2, 0) is 23.8 Å². The minimum absolute atomic E-state index is 0.00653. The molecule has 0 N–H and O–H groups in total. The van der Waals surface area contributed by atoms with Crippen LogP contribution in [0.25, 0.3) is 10.7 Å². The monoisotopic (exact) mass is 400 g/mol. The molecule has 140 valence electrons.